The maximum absolute atomic E-state index is 12.1. The number of carbonyl (C=O) groups is 1. The van der Waals surface area contributed by atoms with E-state index in [0.29, 0.717) is 6.04 Å². The van der Waals surface area contributed by atoms with Gasteiger partial charge in [-0.2, -0.15) is 0 Å². The van der Waals surface area contributed by atoms with E-state index in [1.54, 1.807) is 18.4 Å². The number of methoxy groups -OCH3 is 1. The largest absolute Gasteiger partial charge is 0.372 e. The van der Waals surface area contributed by atoms with Crippen LogP contribution >= 0.6 is 11.3 Å². The summed E-state index contributed by atoms with van der Waals surface area (Å²) in [5.74, 6) is 0.110. The molecule has 0 aliphatic heterocycles. The molecule has 1 saturated carbocycles. The summed E-state index contributed by atoms with van der Waals surface area (Å²) in [6.07, 6.45) is 1.93. The number of thiophene rings is 1. The van der Waals surface area contributed by atoms with Crippen LogP contribution in [0.4, 0.5) is 0 Å². The van der Waals surface area contributed by atoms with Gasteiger partial charge < -0.3 is 9.64 Å². The predicted molar refractivity (Wildman–Crippen MR) is 64.4 cm³/mol. The van der Waals surface area contributed by atoms with Gasteiger partial charge in [0.25, 0.3) is 5.91 Å². The fraction of sp³-hybridized carbons (Fsp3) is 0.583. The third-order valence-corrected chi connectivity index (χ3v) is 3.74. The molecule has 1 heterocycles. The molecule has 0 radical (unpaired) electrons. The standard InChI is InChI=1S/C12H17NO2S/c1-9(15-2)12(14)13(10-5-6-10)8-11-4-3-7-16-11/h3-4,7,9-10H,5-6,8H2,1-2H3. The molecule has 3 nitrogen and oxygen atoms in total. The third kappa shape index (κ3) is 2.62. The average Bonchev–Trinajstić information content (AvgIpc) is 3.01. The summed E-state index contributed by atoms with van der Waals surface area (Å²) in [7, 11) is 1.58. The Morgan fingerprint density at radius 1 is 1.69 bits per heavy atom. The van der Waals surface area contributed by atoms with Crippen molar-refractivity contribution in [3.8, 4) is 0 Å². The fourth-order valence-electron chi connectivity index (χ4n) is 1.68. The molecule has 0 N–H and O–H groups in total. The zero-order valence-corrected chi connectivity index (χ0v) is 10.5. The summed E-state index contributed by atoms with van der Waals surface area (Å²) < 4.78 is 5.10. The molecule has 1 unspecified atom stereocenters. The van der Waals surface area contributed by atoms with E-state index in [1.807, 2.05) is 23.3 Å². The number of nitrogens with zero attached hydrogens (tertiary/aromatic N) is 1. The Labute approximate surface area is 100 Å². The molecule has 0 bridgehead atoms. The van der Waals surface area contributed by atoms with Crippen molar-refractivity contribution in [3.05, 3.63) is 22.4 Å². The summed E-state index contributed by atoms with van der Waals surface area (Å²) in [5.41, 5.74) is 0. The van der Waals surface area contributed by atoms with Crippen LogP contribution < -0.4 is 0 Å². The topological polar surface area (TPSA) is 29.5 Å². The van der Waals surface area contributed by atoms with Crippen molar-refractivity contribution in [2.45, 2.75) is 38.5 Å². The lowest BCUT2D eigenvalue weighted by Crippen LogP contribution is -2.39. The van der Waals surface area contributed by atoms with Gasteiger partial charge in [-0.05, 0) is 31.2 Å². The quantitative estimate of drug-likeness (QED) is 0.789. The highest BCUT2D eigenvalue weighted by atomic mass is 32.1. The van der Waals surface area contributed by atoms with E-state index in [-0.39, 0.29) is 12.0 Å². The van der Waals surface area contributed by atoms with Crippen molar-refractivity contribution < 1.29 is 9.53 Å². The van der Waals surface area contributed by atoms with Gasteiger partial charge in [0.1, 0.15) is 6.10 Å². The maximum atomic E-state index is 12.1. The van der Waals surface area contributed by atoms with Crippen LogP contribution in [-0.4, -0.2) is 30.1 Å². The molecule has 88 valence electrons. The molecule has 1 aromatic rings. The molecule has 0 aromatic carbocycles. The summed E-state index contributed by atoms with van der Waals surface area (Å²) in [5, 5.41) is 2.05. The van der Waals surface area contributed by atoms with Crippen molar-refractivity contribution in [3.63, 3.8) is 0 Å². The van der Waals surface area contributed by atoms with E-state index in [2.05, 4.69) is 6.07 Å². The number of amides is 1. The Kier molecular flexibility index (Phi) is 3.61. The van der Waals surface area contributed by atoms with E-state index < -0.39 is 0 Å². The van der Waals surface area contributed by atoms with E-state index in [4.69, 9.17) is 4.74 Å². The lowest BCUT2D eigenvalue weighted by atomic mass is 10.3. The zero-order valence-electron chi connectivity index (χ0n) is 9.68. The van der Waals surface area contributed by atoms with Gasteiger partial charge in [0.2, 0.25) is 0 Å². The zero-order chi connectivity index (χ0) is 11.5. The first-order chi connectivity index (χ1) is 7.72. The predicted octanol–water partition coefficient (Wildman–Crippen LogP) is 2.27. The number of carbonyl (C=O) groups excluding carboxylic acids is 1. The Morgan fingerprint density at radius 2 is 2.44 bits per heavy atom. The van der Waals surface area contributed by atoms with Crippen molar-refractivity contribution in [1.29, 1.82) is 0 Å². The number of ether oxygens (including phenoxy) is 1. The molecule has 1 atom stereocenters. The minimum Gasteiger partial charge on any atom is -0.372 e. The van der Waals surface area contributed by atoms with Crippen molar-refractivity contribution in [2.24, 2.45) is 0 Å². The van der Waals surface area contributed by atoms with Gasteiger partial charge in [0.05, 0.1) is 6.54 Å². The van der Waals surface area contributed by atoms with Gasteiger partial charge in [0, 0.05) is 18.0 Å². The second-order valence-corrected chi connectivity index (χ2v) is 5.19. The van der Waals surface area contributed by atoms with E-state index in [0.717, 1.165) is 19.4 Å². The number of hydrogen-bond donors (Lipinski definition) is 0. The third-order valence-electron chi connectivity index (χ3n) is 2.88. The normalized spacial score (nSPS) is 17.1. The van der Waals surface area contributed by atoms with Gasteiger partial charge in [-0.15, -0.1) is 11.3 Å². The number of rotatable bonds is 5. The van der Waals surface area contributed by atoms with Gasteiger partial charge >= 0.3 is 0 Å². The monoisotopic (exact) mass is 239 g/mol. The Morgan fingerprint density at radius 3 is 2.94 bits per heavy atom. The number of hydrogen-bond acceptors (Lipinski definition) is 3. The van der Waals surface area contributed by atoms with Crippen LogP contribution in [0.15, 0.2) is 17.5 Å². The smallest absolute Gasteiger partial charge is 0.251 e. The van der Waals surface area contributed by atoms with Crippen molar-refractivity contribution in [1.82, 2.24) is 4.90 Å². The summed E-state index contributed by atoms with van der Waals surface area (Å²) in [4.78, 5) is 15.3. The van der Waals surface area contributed by atoms with Crippen LogP contribution in [-0.2, 0) is 16.1 Å². The molecule has 2 rings (SSSR count). The lowest BCUT2D eigenvalue weighted by molar-refractivity contribution is -0.142. The highest BCUT2D eigenvalue weighted by Gasteiger charge is 2.34. The van der Waals surface area contributed by atoms with Gasteiger partial charge in [0.15, 0.2) is 0 Å². The van der Waals surface area contributed by atoms with E-state index in [9.17, 15) is 4.79 Å². The molecule has 1 aliphatic carbocycles. The van der Waals surface area contributed by atoms with Crippen LogP contribution in [0.5, 0.6) is 0 Å². The molecule has 16 heavy (non-hydrogen) atoms. The Hall–Kier alpha value is -0.870. The molecule has 1 amide bonds. The van der Waals surface area contributed by atoms with Gasteiger partial charge in [-0.3, -0.25) is 4.79 Å². The molecule has 0 spiro atoms. The second kappa shape index (κ2) is 4.97. The van der Waals surface area contributed by atoms with Crippen LogP contribution in [0.1, 0.15) is 24.6 Å². The minimum atomic E-state index is -0.333. The first-order valence-electron chi connectivity index (χ1n) is 5.58. The average molecular weight is 239 g/mol. The van der Waals surface area contributed by atoms with Crippen LogP contribution in [0.2, 0.25) is 0 Å². The SMILES string of the molecule is COC(C)C(=O)N(Cc1cccs1)C1CC1. The highest BCUT2D eigenvalue weighted by Crippen LogP contribution is 2.29. The lowest BCUT2D eigenvalue weighted by Gasteiger charge is -2.24. The Balaban J connectivity index is 2.02. The van der Waals surface area contributed by atoms with E-state index in [1.165, 1.54) is 4.88 Å². The van der Waals surface area contributed by atoms with Gasteiger partial charge in [-0.1, -0.05) is 6.07 Å². The van der Waals surface area contributed by atoms with Gasteiger partial charge in [-0.25, -0.2) is 0 Å². The maximum Gasteiger partial charge on any atom is 0.251 e. The molecule has 1 aromatic heterocycles. The minimum absolute atomic E-state index is 0.110. The first-order valence-corrected chi connectivity index (χ1v) is 6.46. The molecule has 1 fully saturated rings. The fourth-order valence-corrected chi connectivity index (χ4v) is 2.38. The highest BCUT2D eigenvalue weighted by molar-refractivity contribution is 7.09. The summed E-state index contributed by atoms with van der Waals surface area (Å²) in [6.45, 7) is 2.54. The Bertz CT molecular complexity index is 346. The molecule has 1 aliphatic rings. The second-order valence-electron chi connectivity index (χ2n) is 4.15. The first kappa shape index (κ1) is 11.6. The molecule has 0 saturated heterocycles. The van der Waals surface area contributed by atoms with E-state index >= 15 is 0 Å². The van der Waals surface area contributed by atoms with Crippen molar-refractivity contribution >= 4 is 17.2 Å². The summed E-state index contributed by atoms with van der Waals surface area (Å²) >= 11 is 1.70. The molecule has 4 heteroatoms. The summed E-state index contributed by atoms with van der Waals surface area (Å²) in [6, 6.07) is 4.53. The van der Waals surface area contributed by atoms with Crippen LogP contribution in [0, 0.1) is 0 Å². The van der Waals surface area contributed by atoms with Crippen molar-refractivity contribution in [2.75, 3.05) is 7.11 Å². The van der Waals surface area contributed by atoms with Crippen LogP contribution in [0.3, 0.4) is 0 Å². The molecular formula is C12H17NO2S. The molecular weight excluding hydrogens is 222 g/mol. The van der Waals surface area contributed by atoms with Crippen LogP contribution in [0.25, 0.3) is 0 Å².